The van der Waals surface area contributed by atoms with Crippen LogP contribution in [-0.4, -0.2) is 82.0 Å². The summed E-state index contributed by atoms with van der Waals surface area (Å²) in [6, 6.07) is 12.5. The number of halogens is 4. The lowest BCUT2D eigenvalue weighted by molar-refractivity contribution is -0.385. The van der Waals surface area contributed by atoms with Gasteiger partial charge in [0, 0.05) is 48.3 Å². The van der Waals surface area contributed by atoms with E-state index in [1.54, 1.807) is 19.5 Å². The molecule has 0 atom stereocenters. The highest BCUT2D eigenvalue weighted by atomic mass is 36.0. The second-order valence-corrected chi connectivity index (χ2v) is 21.9. The molecule has 0 spiro atoms. The van der Waals surface area contributed by atoms with E-state index in [1.807, 2.05) is 36.4 Å². The van der Waals surface area contributed by atoms with Crippen molar-refractivity contribution >= 4 is 107 Å². The van der Waals surface area contributed by atoms with Gasteiger partial charge in [0.15, 0.2) is 5.15 Å². The molecule has 0 saturated heterocycles. The van der Waals surface area contributed by atoms with Gasteiger partial charge in [-0.2, -0.15) is 0 Å². The molecule has 0 amide bonds. The summed E-state index contributed by atoms with van der Waals surface area (Å²) < 4.78 is 14.8. The third-order valence-electron chi connectivity index (χ3n) is 10.5. The average Bonchev–Trinajstić information content (AvgIpc) is 3.28. The zero-order chi connectivity index (χ0) is 45.6. The maximum atomic E-state index is 10.7. The molecule has 20 nitrogen and oxygen atoms in total. The lowest BCUT2D eigenvalue weighted by Gasteiger charge is -2.29. The van der Waals surface area contributed by atoms with Crippen LogP contribution in [0.2, 0.25) is 5.15 Å². The Morgan fingerprint density at radius 1 is 0.641 bits per heavy atom. The number of anilines is 4. The molecule has 6 aromatic rings. The third-order valence-corrected chi connectivity index (χ3v) is 10.8. The van der Waals surface area contributed by atoms with Crippen LogP contribution in [0, 0.1) is 32.1 Å². The molecule has 0 bridgehead atoms. The number of nitro groups is 2. The van der Waals surface area contributed by atoms with Gasteiger partial charge in [0.1, 0.15) is 47.5 Å². The van der Waals surface area contributed by atoms with Gasteiger partial charge >= 0.3 is 16.6 Å². The Labute approximate surface area is 386 Å². The van der Waals surface area contributed by atoms with Gasteiger partial charge in [-0.1, -0.05) is 11.6 Å². The molecule has 0 aliphatic heterocycles. The summed E-state index contributed by atoms with van der Waals surface area (Å²) in [5.74, 6) is 4.03. The van der Waals surface area contributed by atoms with Crippen LogP contribution in [0.5, 0.6) is 5.88 Å². The van der Waals surface area contributed by atoms with E-state index in [4.69, 9.17) is 16.3 Å². The van der Waals surface area contributed by atoms with E-state index < -0.39 is 15.0 Å². The molecule has 64 heavy (non-hydrogen) atoms. The molecule has 2 fully saturated rings. The molecule has 2 aliphatic rings. The van der Waals surface area contributed by atoms with E-state index in [0.717, 1.165) is 92.4 Å². The second-order valence-electron chi connectivity index (χ2n) is 14.9. The number of nitrogens with one attached hydrogen (secondary N) is 4. The Hall–Kier alpha value is -5.53. The van der Waals surface area contributed by atoms with Crippen LogP contribution in [0.25, 0.3) is 21.8 Å². The first-order valence-electron chi connectivity index (χ1n) is 20.0. The first kappa shape index (κ1) is 47.9. The fourth-order valence-electron chi connectivity index (χ4n) is 7.27. The number of hydrogen-bond acceptors (Lipinski definition) is 18. The van der Waals surface area contributed by atoms with Crippen molar-refractivity contribution in [3.05, 3.63) is 99.0 Å². The highest BCUT2D eigenvalue weighted by Crippen LogP contribution is 2.61. The molecule has 6 aromatic heterocycles. The topological polar surface area (TPSA) is 264 Å². The smallest absolute Gasteiger partial charge is 0.339 e. The van der Waals surface area contributed by atoms with Crippen LogP contribution >= 0.6 is 50.5 Å². The van der Waals surface area contributed by atoms with Crippen molar-refractivity contribution in [2.75, 3.05) is 41.5 Å². The van der Waals surface area contributed by atoms with E-state index >= 15 is 0 Å². The largest absolute Gasteiger partial charge is 0.479 e. The SMILES string of the molecule is COc1nccc2ccc(NC3CCC(CNc4ncc([N+](=O)[O-])cn4)CC3)nc12.O=P(Cl)(Cl)Cl.O=[N+]([O-])c1cnc(NCC2CCC(Nc3ccc4ccnc(Cl)c4n3)CC2)nc1. The molecule has 2 aliphatic carbocycles. The number of ether oxygens (including phenoxy) is 1. The zero-order valence-corrected chi connectivity index (χ0v) is 38.1. The summed E-state index contributed by atoms with van der Waals surface area (Å²) in [7, 11) is 1.60. The molecule has 0 radical (unpaired) electrons. The number of rotatable bonds is 13. The van der Waals surface area contributed by atoms with Gasteiger partial charge in [-0.05, 0) is 133 Å². The van der Waals surface area contributed by atoms with Crippen molar-refractivity contribution in [2.45, 2.75) is 63.5 Å². The summed E-state index contributed by atoms with van der Waals surface area (Å²) in [4.78, 5) is 53.8. The quantitative estimate of drug-likeness (QED) is 0.0363. The Kier molecular flexibility index (Phi) is 17.1. The second kappa shape index (κ2) is 22.9. The van der Waals surface area contributed by atoms with Gasteiger partial charge in [0.05, 0.1) is 17.0 Å². The summed E-state index contributed by atoms with van der Waals surface area (Å²) in [6.07, 6.45) is 16.7. The lowest BCUT2D eigenvalue weighted by Crippen LogP contribution is -2.29. The van der Waals surface area contributed by atoms with Crippen molar-refractivity contribution < 1.29 is 19.1 Å². The van der Waals surface area contributed by atoms with E-state index in [-0.39, 0.29) is 11.4 Å². The summed E-state index contributed by atoms with van der Waals surface area (Å²) in [5.41, 5.74) is 1.25. The first-order valence-corrected chi connectivity index (χ1v) is 24.8. The zero-order valence-electron chi connectivity index (χ0n) is 34.2. The Bertz CT molecular complexity index is 2540. The molecular formula is C39H43Cl4N14O6P. The molecule has 8 rings (SSSR count). The molecule has 0 aromatic carbocycles. The van der Waals surface area contributed by atoms with Gasteiger partial charge in [-0.3, -0.25) is 24.8 Å². The Balaban J connectivity index is 0.000000192. The van der Waals surface area contributed by atoms with E-state index in [9.17, 15) is 24.8 Å². The fourth-order valence-corrected chi connectivity index (χ4v) is 7.48. The highest BCUT2D eigenvalue weighted by Gasteiger charge is 2.23. The van der Waals surface area contributed by atoms with Crippen LogP contribution in [-0.2, 0) is 4.57 Å². The normalized spacial score (nSPS) is 18.3. The van der Waals surface area contributed by atoms with Crippen molar-refractivity contribution in [2.24, 2.45) is 11.8 Å². The molecule has 25 heteroatoms. The minimum atomic E-state index is -3.22. The van der Waals surface area contributed by atoms with Gasteiger partial charge in [0.25, 0.3) is 0 Å². The maximum Gasteiger partial charge on any atom is 0.339 e. The van der Waals surface area contributed by atoms with E-state index in [0.29, 0.717) is 52.4 Å². The van der Waals surface area contributed by atoms with Crippen molar-refractivity contribution in [1.29, 1.82) is 0 Å². The van der Waals surface area contributed by atoms with Crippen LogP contribution in [0.1, 0.15) is 51.4 Å². The number of fused-ring (bicyclic) bond motifs is 2. The van der Waals surface area contributed by atoms with Gasteiger partial charge in [-0.15, -0.1) is 0 Å². The predicted molar refractivity (Wildman–Crippen MR) is 249 cm³/mol. The highest BCUT2D eigenvalue weighted by molar-refractivity contribution is 8.24. The van der Waals surface area contributed by atoms with Gasteiger partial charge < -0.3 is 26.0 Å². The van der Waals surface area contributed by atoms with E-state index in [1.165, 1.54) is 24.8 Å². The minimum absolute atomic E-state index is 0.108. The summed E-state index contributed by atoms with van der Waals surface area (Å²) in [5, 5.41) is 33.9. The van der Waals surface area contributed by atoms with Crippen LogP contribution in [0.3, 0.4) is 0 Å². The van der Waals surface area contributed by atoms with Gasteiger partial charge in [0.2, 0.25) is 17.8 Å². The number of hydrogen-bond donors (Lipinski definition) is 4. The molecule has 0 unspecified atom stereocenters. The fraction of sp³-hybridized carbons (Fsp3) is 0.385. The van der Waals surface area contributed by atoms with Crippen molar-refractivity contribution in [3.8, 4) is 5.88 Å². The lowest BCUT2D eigenvalue weighted by atomic mass is 9.86. The molecule has 2 saturated carbocycles. The molecule has 338 valence electrons. The molecular weight excluding hydrogens is 933 g/mol. The summed E-state index contributed by atoms with van der Waals surface area (Å²) >= 11 is 20.0. The summed E-state index contributed by atoms with van der Waals surface area (Å²) in [6.45, 7) is 1.50. The van der Waals surface area contributed by atoms with E-state index in [2.05, 4.69) is 94.9 Å². The average molecular weight is 977 g/mol. The van der Waals surface area contributed by atoms with Crippen LogP contribution < -0.4 is 26.0 Å². The number of methoxy groups -OCH3 is 1. The van der Waals surface area contributed by atoms with Crippen molar-refractivity contribution in [3.63, 3.8) is 0 Å². The maximum absolute atomic E-state index is 10.7. The standard InChI is InChI=1S/C20H23N7O3.C19H20ClN7O2.Cl3OP/c1-30-19-18-14(8-9-21-19)4-7-17(26-18)25-15-5-2-13(3-6-15)10-22-20-23-11-16(12-24-20)27(28)29;20-18-17-13(7-8-21-18)3-6-16(26-17)25-14-4-1-12(2-5-14)9-22-19-23-10-15(11-24-19)27(28)29;1-5(2,3)4/h4,7-9,11-13,15H,2-3,5-6,10H2,1H3,(H,25,26)(H,22,23,24);3,6-8,10-12,14H,1-2,4-5,9H2,(H,25,26)(H,22,23,24);. The minimum Gasteiger partial charge on any atom is -0.479 e. The van der Waals surface area contributed by atoms with Crippen LogP contribution in [0.15, 0.2) is 73.6 Å². The number of pyridine rings is 4. The third kappa shape index (κ3) is 14.8. The number of aromatic nitrogens is 8. The van der Waals surface area contributed by atoms with Crippen molar-refractivity contribution in [1.82, 2.24) is 39.9 Å². The Morgan fingerprint density at radius 3 is 1.47 bits per heavy atom. The predicted octanol–water partition coefficient (Wildman–Crippen LogP) is 10.3. The molecule has 6 heterocycles. The number of nitrogens with zero attached hydrogens (tertiary/aromatic N) is 10. The molecule has 4 N–H and O–H groups in total. The Morgan fingerprint density at radius 2 is 1.05 bits per heavy atom. The monoisotopic (exact) mass is 974 g/mol. The van der Waals surface area contributed by atoms with Gasteiger partial charge in [-0.25, -0.2) is 39.9 Å². The first-order chi connectivity index (χ1) is 30.7. The van der Waals surface area contributed by atoms with Crippen LogP contribution in [0.4, 0.5) is 34.9 Å².